The van der Waals surface area contributed by atoms with E-state index in [2.05, 4.69) is 10.3 Å². The molecule has 0 radical (unpaired) electrons. The maximum absolute atomic E-state index is 12.0. The Kier molecular flexibility index (Phi) is 4.19. The van der Waals surface area contributed by atoms with E-state index in [1.165, 1.54) is 11.3 Å². The maximum atomic E-state index is 12.0. The second-order valence-corrected chi connectivity index (χ2v) is 6.20. The number of aliphatic carboxylic acids is 1. The fourth-order valence-electron chi connectivity index (χ4n) is 2.65. The van der Waals surface area contributed by atoms with Gasteiger partial charge < -0.3 is 10.4 Å². The van der Waals surface area contributed by atoms with E-state index in [0.29, 0.717) is 17.8 Å². The van der Waals surface area contributed by atoms with Gasteiger partial charge in [-0.15, -0.1) is 11.3 Å². The van der Waals surface area contributed by atoms with Crippen LogP contribution in [0, 0.1) is 25.7 Å². The topological polar surface area (TPSA) is 79.3 Å². The lowest BCUT2D eigenvalue weighted by molar-refractivity contribution is -0.142. The van der Waals surface area contributed by atoms with Crippen LogP contribution in [0.4, 0.5) is 0 Å². The first-order chi connectivity index (χ1) is 8.99. The summed E-state index contributed by atoms with van der Waals surface area (Å²) in [6.07, 6.45) is 2.52. The minimum absolute atomic E-state index is 0.0516. The SMILES string of the molecule is Cc1nc(C)c(C(=O)NCC2CCCC2C(=O)O)s1. The first kappa shape index (κ1) is 14.0. The molecule has 0 bridgehead atoms. The van der Waals surface area contributed by atoms with Gasteiger partial charge in [-0.25, -0.2) is 4.98 Å². The molecule has 1 saturated carbocycles. The number of carboxylic acid groups (broad SMARTS) is 1. The summed E-state index contributed by atoms with van der Waals surface area (Å²) in [7, 11) is 0. The predicted octanol–water partition coefficient (Wildman–Crippen LogP) is 1.99. The van der Waals surface area contributed by atoms with Gasteiger partial charge in [-0.3, -0.25) is 9.59 Å². The Hall–Kier alpha value is -1.43. The third kappa shape index (κ3) is 3.12. The smallest absolute Gasteiger partial charge is 0.306 e. The van der Waals surface area contributed by atoms with E-state index in [1.54, 1.807) is 0 Å². The number of thiazole rings is 1. The van der Waals surface area contributed by atoms with Gasteiger partial charge in [0, 0.05) is 6.54 Å². The van der Waals surface area contributed by atoms with E-state index in [1.807, 2.05) is 13.8 Å². The molecule has 1 amide bonds. The minimum atomic E-state index is -0.749. The van der Waals surface area contributed by atoms with Gasteiger partial charge in [0.1, 0.15) is 4.88 Å². The molecule has 0 aliphatic heterocycles. The lowest BCUT2D eigenvalue weighted by atomic mass is 9.96. The highest BCUT2D eigenvalue weighted by Gasteiger charge is 2.33. The highest BCUT2D eigenvalue weighted by atomic mass is 32.1. The highest BCUT2D eigenvalue weighted by molar-refractivity contribution is 7.13. The zero-order valence-electron chi connectivity index (χ0n) is 11.1. The van der Waals surface area contributed by atoms with Crippen LogP contribution < -0.4 is 5.32 Å². The molecule has 2 unspecified atom stereocenters. The number of aromatic nitrogens is 1. The zero-order chi connectivity index (χ0) is 14.0. The van der Waals surface area contributed by atoms with Crippen molar-refractivity contribution in [3.8, 4) is 0 Å². The molecule has 1 fully saturated rings. The number of carboxylic acids is 1. The highest BCUT2D eigenvalue weighted by Crippen LogP contribution is 2.31. The second kappa shape index (κ2) is 5.69. The Bertz CT molecular complexity index is 498. The Labute approximate surface area is 116 Å². The number of hydrogen-bond donors (Lipinski definition) is 2. The third-order valence-electron chi connectivity index (χ3n) is 3.61. The van der Waals surface area contributed by atoms with E-state index in [0.717, 1.165) is 23.5 Å². The molecule has 1 aliphatic carbocycles. The molecule has 0 spiro atoms. The molecule has 1 aromatic rings. The van der Waals surface area contributed by atoms with E-state index in [4.69, 9.17) is 5.11 Å². The fraction of sp³-hybridized carbons (Fsp3) is 0.615. The number of aryl methyl sites for hydroxylation is 2. The van der Waals surface area contributed by atoms with Crippen LogP contribution in [-0.2, 0) is 4.79 Å². The van der Waals surface area contributed by atoms with Gasteiger partial charge in [-0.05, 0) is 32.6 Å². The molecule has 2 rings (SSSR count). The molecular formula is C13H18N2O3S. The number of carbonyl (C=O) groups excluding carboxylic acids is 1. The Morgan fingerprint density at radius 1 is 1.42 bits per heavy atom. The van der Waals surface area contributed by atoms with Gasteiger partial charge >= 0.3 is 5.97 Å². The van der Waals surface area contributed by atoms with Crippen LogP contribution in [0.2, 0.25) is 0 Å². The number of carbonyl (C=O) groups is 2. The van der Waals surface area contributed by atoms with Crippen LogP contribution in [0.3, 0.4) is 0 Å². The van der Waals surface area contributed by atoms with Gasteiger partial charge in [-0.1, -0.05) is 6.42 Å². The largest absolute Gasteiger partial charge is 0.481 e. The number of rotatable bonds is 4. The van der Waals surface area contributed by atoms with Crippen LogP contribution in [0.1, 0.15) is 39.6 Å². The van der Waals surface area contributed by atoms with Gasteiger partial charge in [0.05, 0.1) is 16.6 Å². The molecule has 0 saturated heterocycles. The van der Waals surface area contributed by atoms with Crippen molar-refractivity contribution in [1.29, 1.82) is 0 Å². The summed E-state index contributed by atoms with van der Waals surface area (Å²) < 4.78 is 0. The summed E-state index contributed by atoms with van der Waals surface area (Å²) in [5, 5.41) is 12.8. The summed E-state index contributed by atoms with van der Waals surface area (Å²) in [4.78, 5) is 27.9. The number of hydrogen-bond acceptors (Lipinski definition) is 4. The Morgan fingerprint density at radius 3 is 2.74 bits per heavy atom. The number of amides is 1. The average Bonchev–Trinajstić information content (AvgIpc) is 2.92. The van der Waals surface area contributed by atoms with Gasteiger partial charge in [0.2, 0.25) is 0 Å². The average molecular weight is 282 g/mol. The Morgan fingerprint density at radius 2 is 2.16 bits per heavy atom. The van der Waals surface area contributed by atoms with E-state index in [9.17, 15) is 9.59 Å². The van der Waals surface area contributed by atoms with Crippen molar-refractivity contribution in [2.45, 2.75) is 33.1 Å². The molecule has 5 nitrogen and oxygen atoms in total. The summed E-state index contributed by atoms with van der Waals surface area (Å²) in [6, 6.07) is 0. The summed E-state index contributed by atoms with van der Waals surface area (Å²) in [5.74, 6) is -1.15. The summed E-state index contributed by atoms with van der Waals surface area (Å²) in [5.41, 5.74) is 0.737. The maximum Gasteiger partial charge on any atom is 0.306 e. The Balaban J connectivity index is 1.94. The standard InChI is InChI=1S/C13H18N2O3S/c1-7-11(19-8(2)15-7)12(16)14-6-9-4-3-5-10(9)13(17)18/h9-10H,3-6H2,1-2H3,(H,14,16)(H,17,18). The molecule has 104 valence electrons. The lowest BCUT2D eigenvalue weighted by Gasteiger charge is -2.16. The fourth-order valence-corrected chi connectivity index (χ4v) is 3.49. The normalized spacial score (nSPS) is 22.4. The molecule has 6 heteroatoms. The van der Waals surface area contributed by atoms with Crippen LogP contribution >= 0.6 is 11.3 Å². The van der Waals surface area contributed by atoms with E-state index < -0.39 is 5.97 Å². The molecule has 1 aliphatic rings. The number of nitrogens with one attached hydrogen (secondary N) is 1. The van der Waals surface area contributed by atoms with Crippen molar-refractivity contribution in [2.75, 3.05) is 6.54 Å². The first-order valence-corrected chi connectivity index (χ1v) is 7.25. The summed E-state index contributed by atoms with van der Waals surface area (Å²) in [6.45, 7) is 4.12. The molecule has 1 heterocycles. The van der Waals surface area contributed by atoms with Gasteiger partial charge in [-0.2, -0.15) is 0 Å². The quantitative estimate of drug-likeness (QED) is 0.885. The van der Waals surface area contributed by atoms with E-state index in [-0.39, 0.29) is 17.7 Å². The van der Waals surface area contributed by atoms with Gasteiger partial charge in [0.15, 0.2) is 0 Å². The molecule has 0 aromatic carbocycles. The first-order valence-electron chi connectivity index (χ1n) is 6.44. The van der Waals surface area contributed by atoms with Crippen molar-refractivity contribution in [3.63, 3.8) is 0 Å². The molecular weight excluding hydrogens is 264 g/mol. The third-order valence-corrected chi connectivity index (χ3v) is 4.68. The van der Waals surface area contributed by atoms with Gasteiger partial charge in [0.25, 0.3) is 5.91 Å². The van der Waals surface area contributed by atoms with E-state index >= 15 is 0 Å². The van der Waals surface area contributed by atoms with Crippen molar-refractivity contribution < 1.29 is 14.7 Å². The van der Waals surface area contributed by atoms with Crippen LogP contribution in [0.5, 0.6) is 0 Å². The summed E-state index contributed by atoms with van der Waals surface area (Å²) >= 11 is 1.37. The van der Waals surface area contributed by atoms with Crippen molar-refractivity contribution >= 4 is 23.2 Å². The van der Waals surface area contributed by atoms with Crippen LogP contribution in [0.25, 0.3) is 0 Å². The lowest BCUT2D eigenvalue weighted by Crippen LogP contribution is -2.32. The predicted molar refractivity (Wildman–Crippen MR) is 72.4 cm³/mol. The zero-order valence-corrected chi connectivity index (χ0v) is 11.9. The molecule has 19 heavy (non-hydrogen) atoms. The van der Waals surface area contributed by atoms with Crippen LogP contribution in [-0.4, -0.2) is 28.5 Å². The monoisotopic (exact) mass is 282 g/mol. The van der Waals surface area contributed by atoms with Crippen molar-refractivity contribution in [3.05, 3.63) is 15.6 Å². The van der Waals surface area contributed by atoms with Crippen molar-refractivity contribution in [1.82, 2.24) is 10.3 Å². The molecule has 2 atom stereocenters. The minimum Gasteiger partial charge on any atom is -0.481 e. The molecule has 2 N–H and O–H groups in total. The van der Waals surface area contributed by atoms with Crippen molar-refractivity contribution in [2.24, 2.45) is 11.8 Å². The van der Waals surface area contributed by atoms with Crippen LogP contribution in [0.15, 0.2) is 0 Å². The molecule has 1 aromatic heterocycles. The number of nitrogens with zero attached hydrogens (tertiary/aromatic N) is 1. The second-order valence-electron chi connectivity index (χ2n) is 4.99.